The number of nitrogens with one attached hydrogen (secondary N) is 1. The van der Waals surface area contributed by atoms with Gasteiger partial charge in [-0.1, -0.05) is 18.5 Å². The van der Waals surface area contributed by atoms with Crippen LogP contribution in [-0.4, -0.2) is 40.2 Å². The maximum absolute atomic E-state index is 12.7. The highest BCUT2D eigenvalue weighted by atomic mass is 35.5. The summed E-state index contributed by atoms with van der Waals surface area (Å²) in [7, 11) is -0.882. The van der Waals surface area contributed by atoms with Crippen LogP contribution in [0.15, 0.2) is 36.4 Å². The Morgan fingerprint density at radius 2 is 1.90 bits per heavy atom. The number of sulfonamides is 1. The molecule has 154 valence electrons. The molecule has 1 unspecified atom stereocenters. The molecule has 2 aromatic carbocycles. The molecular weight excluding hydrogens is 420 g/mol. The number of anilines is 2. The first kappa shape index (κ1) is 20.9. The summed E-state index contributed by atoms with van der Waals surface area (Å²) in [6, 6.07) is 8.97. The van der Waals surface area contributed by atoms with Gasteiger partial charge in [0.05, 0.1) is 42.3 Å². The van der Waals surface area contributed by atoms with Crippen molar-refractivity contribution in [1.82, 2.24) is 0 Å². The largest absolute Gasteiger partial charge is 0.497 e. The number of hydrogen-bond donors (Lipinski definition) is 1. The van der Waals surface area contributed by atoms with E-state index >= 15 is 0 Å². The molecule has 10 heteroatoms. The van der Waals surface area contributed by atoms with Gasteiger partial charge in [0.1, 0.15) is 11.5 Å². The van der Waals surface area contributed by atoms with Gasteiger partial charge in [0.2, 0.25) is 15.9 Å². The summed E-state index contributed by atoms with van der Waals surface area (Å²) in [5.41, 5.74) is 0.480. The molecule has 1 N–H and O–H groups in total. The topological polar surface area (TPSA) is 102 Å². The molecule has 0 aliphatic carbocycles. The molecule has 0 aromatic heterocycles. The van der Waals surface area contributed by atoms with Crippen LogP contribution < -0.4 is 19.1 Å². The van der Waals surface area contributed by atoms with Crippen LogP contribution in [0.25, 0.3) is 0 Å². The number of amides is 2. The molecule has 2 amide bonds. The third-order valence-electron chi connectivity index (χ3n) is 4.44. The van der Waals surface area contributed by atoms with Crippen LogP contribution in [0.1, 0.15) is 17.3 Å². The summed E-state index contributed by atoms with van der Waals surface area (Å²) in [5, 5.41) is 2.74. The molecule has 0 saturated carbocycles. The lowest BCUT2D eigenvalue weighted by Crippen LogP contribution is -2.30. The Morgan fingerprint density at radius 1 is 1.17 bits per heavy atom. The van der Waals surface area contributed by atoms with Crippen molar-refractivity contribution in [2.45, 2.75) is 6.92 Å². The minimum atomic E-state index is -3.85. The number of ether oxygens (including phenoxy) is 2. The molecule has 0 radical (unpaired) electrons. The molecule has 1 heterocycles. The number of benzene rings is 2. The average molecular weight is 439 g/mol. The van der Waals surface area contributed by atoms with E-state index in [1.165, 1.54) is 39.3 Å². The number of methoxy groups -OCH3 is 2. The van der Waals surface area contributed by atoms with Gasteiger partial charge in [0, 0.05) is 11.6 Å². The van der Waals surface area contributed by atoms with Crippen molar-refractivity contribution in [3.8, 4) is 11.5 Å². The van der Waals surface area contributed by atoms with E-state index in [9.17, 15) is 18.0 Å². The molecule has 1 saturated heterocycles. The Morgan fingerprint density at radius 3 is 2.48 bits per heavy atom. The molecule has 1 aliphatic rings. The van der Waals surface area contributed by atoms with Gasteiger partial charge in [0.25, 0.3) is 5.91 Å². The molecule has 29 heavy (non-hydrogen) atoms. The van der Waals surface area contributed by atoms with Crippen LogP contribution in [0.4, 0.5) is 11.4 Å². The standard InChI is InChI=1S/C19H19ClN2O6S/c1-11-10-29(25,26)22(19(11)24)16-8-12(4-6-14(16)20)18(23)21-15-7-5-13(27-2)9-17(15)28-3/h4-9,11H,10H2,1-3H3,(H,21,23). The summed E-state index contributed by atoms with van der Waals surface area (Å²) in [6.45, 7) is 1.53. The fourth-order valence-electron chi connectivity index (χ4n) is 2.97. The van der Waals surface area contributed by atoms with Crippen molar-refractivity contribution >= 4 is 44.8 Å². The maximum Gasteiger partial charge on any atom is 0.255 e. The van der Waals surface area contributed by atoms with Gasteiger partial charge in [0.15, 0.2) is 0 Å². The highest BCUT2D eigenvalue weighted by Gasteiger charge is 2.43. The second-order valence-corrected chi connectivity index (χ2v) is 8.74. The van der Waals surface area contributed by atoms with E-state index in [1.807, 2.05) is 0 Å². The van der Waals surface area contributed by atoms with Crippen LogP contribution in [-0.2, 0) is 14.8 Å². The second-order valence-electron chi connectivity index (χ2n) is 6.47. The fourth-order valence-corrected chi connectivity index (χ4v) is 5.05. The molecule has 0 spiro atoms. The number of nitrogens with zero attached hydrogens (tertiary/aromatic N) is 1. The van der Waals surface area contributed by atoms with Crippen LogP contribution >= 0.6 is 11.6 Å². The number of carbonyl (C=O) groups is 2. The van der Waals surface area contributed by atoms with Crippen molar-refractivity contribution in [2.75, 3.05) is 29.6 Å². The van der Waals surface area contributed by atoms with Crippen molar-refractivity contribution in [3.63, 3.8) is 0 Å². The third kappa shape index (κ3) is 4.01. The first-order chi connectivity index (χ1) is 13.7. The van der Waals surface area contributed by atoms with Crippen molar-refractivity contribution in [3.05, 3.63) is 47.0 Å². The zero-order valence-electron chi connectivity index (χ0n) is 15.9. The number of rotatable bonds is 5. The van der Waals surface area contributed by atoms with Crippen LogP contribution in [0, 0.1) is 5.92 Å². The first-order valence-electron chi connectivity index (χ1n) is 8.57. The minimum Gasteiger partial charge on any atom is -0.497 e. The first-order valence-corrected chi connectivity index (χ1v) is 10.6. The number of hydrogen-bond acceptors (Lipinski definition) is 6. The Balaban J connectivity index is 1.94. The fraction of sp³-hybridized carbons (Fsp3) is 0.263. The summed E-state index contributed by atoms with van der Waals surface area (Å²) in [6.07, 6.45) is 0. The Bertz CT molecular complexity index is 1090. The SMILES string of the molecule is COc1ccc(NC(=O)c2ccc(Cl)c(N3C(=O)C(C)CS3(=O)=O)c2)c(OC)c1. The lowest BCUT2D eigenvalue weighted by atomic mass is 10.1. The zero-order chi connectivity index (χ0) is 21.3. The van der Waals surface area contributed by atoms with Gasteiger partial charge < -0.3 is 14.8 Å². The van der Waals surface area contributed by atoms with E-state index in [2.05, 4.69) is 5.32 Å². The molecule has 0 bridgehead atoms. The third-order valence-corrected chi connectivity index (χ3v) is 6.62. The van der Waals surface area contributed by atoms with Gasteiger partial charge in [-0.15, -0.1) is 0 Å². The Kier molecular flexibility index (Phi) is 5.72. The lowest BCUT2D eigenvalue weighted by Gasteiger charge is -2.18. The lowest BCUT2D eigenvalue weighted by molar-refractivity contribution is -0.119. The van der Waals surface area contributed by atoms with E-state index < -0.39 is 27.8 Å². The monoisotopic (exact) mass is 438 g/mol. The van der Waals surface area contributed by atoms with Crippen molar-refractivity contribution < 1.29 is 27.5 Å². The predicted molar refractivity (Wildman–Crippen MR) is 109 cm³/mol. The summed E-state index contributed by atoms with van der Waals surface area (Å²) in [4.78, 5) is 25.1. The van der Waals surface area contributed by atoms with Gasteiger partial charge in [-0.2, -0.15) is 0 Å². The molecule has 1 aliphatic heterocycles. The smallest absolute Gasteiger partial charge is 0.255 e. The van der Waals surface area contributed by atoms with Crippen LogP contribution in [0.2, 0.25) is 5.02 Å². The van der Waals surface area contributed by atoms with Gasteiger partial charge in [-0.3, -0.25) is 9.59 Å². The van der Waals surface area contributed by atoms with Crippen molar-refractivity contribution in [2.24, 2.45) is 5.92 Å². The second kappa shape index (κ2) is 7.92. The highest BCUT2D eigenvalue weighted by molar-refractivity contribution is 7.94. The Labute approximate surface area is 173 Å². The van der Waals surface area contributed by atoms with Crippen molar-refractivity contribution in [1.29, 1.82) is 0 Å². The van der Waals surface area contributed by atoms with Crippen LogP contribution in [0.5, 0.6) is 11.5 Å². The zero-order valence-corrected chi connectivity index (χ0v) is 17.5. The Hall–Kier alpha value is -2.78. The summed E-state index contributed by atoms with van der Waals surface area (Å²) in [5.74, 6) is -1.15. The molecular formula is C19H19ClN2O6S. The normalized spacial score (nSPS) is 17.9. The molecule has 1 atom stereocenters. The minimum absolute atomic E-state index is 0.0460. The quantitative estimate of drug-likeness (QED) is 0.770. The molecule has 2 aromatic rings. The number of carbonyl (C=O) groups excluding carboxylic acids is 2. The van der Waals surface area contributed by atoms with Gasteiger partial charge >= 0.3 is 0 Å². The van der Waals surface area contributed by atoms with E-state index in [0.717, 1.165) is 0 Å². The maximum atomic E-state index is 12.7. The van der Waals surface area contributed by atoms with E-state index in [1.54, 1.807) is 18.2 Å². The number of halogens is 1. The van der Waals surface area contributed by atoms with Gasteiger partial charge in [-0.25, -0.2) is 12.7 Å². The van der Waals surface area contributed by atoms with Gasteiger partial charge in [-0.05, 0) is 30.3 Å². The molecule has 8 nitrogen and oxygen atoms in total. The molecule has 3 rings (SSSR count). The van der Waals surface area contributed by atoms with E-state index in [0.29, 0.717) is 21.5 Å². The van der Waals surface area contributed by atoms with E-state index in [-0.39, 0.29) is 22.0 Å². The summed E-state index contributed by atoms with van der Waals surface area (Å²) >= 11 is 6.14. The van der Waals surface area contributed by atoms with Crippen LogP contribution in [0.3, 0.4) is 0 Å². The summed E-state index contributed by atoms with van der Waals surface area (Å²) < 4.78 is 35.8. The highest BCUT2D eigenvalue weighted by Crippen LogP contribution is 2.35. The predicted octanol–water partition coefficient (Wildman–Crippen LogP) is 2.92. The van der Waals surface area contributed by atoms with E-state index in [4.69, 9.17) is 21.1 Å². The average Bonchev–Trinajstić information content (AvgIpc) is 2.89. The molecule has 1 fully saturated rings.